The van der Waals surface area contributed by atoms with Crippen molar-refractivity contribution in [2.45, 2.75) is 12.6 Å². The van der Waals surface area contributed by atoms with Crippen LogP contribution in [0.5, 0.6) is 11.5 Å². The molecule has 0 bridgehead atoms. The molecule has 1 unspecified atom stereocenters. The quantitative estimate of drug-likeness (QED) is 0.884. The minimum atomic E-state index is -0.689. The third-order valence-corrected chi connectivity index (χ3v) is 3.44. The number of rotatable bonds is 5. The number of nitrogens with one attached hydrogen (secondary N) is 1. The summed E-state index contributed by atoms with van der Waals surface area (Å²) in [5, 5.41) is 3.07. The predicted octanol–water partition coefficient (Wildman–Crippen LogP) is 1.87. The second-order valence-corrected chi connectivity index (χ2v) is 4.96. The van der Waals surface area contributed by atoms with Crippen LogP contribution >= 0.6 is 0 Å². The number of halogens is 1. The molecule has 0 fully saturated rings. The summed E-state index contributed by atoms with van der Waals surface area (Å²) in [4.78, 5) is 11.6. The normalized spacial score (nSPS) is 13.9. The van der Waals surface area contributed by atoms with Gasteiger partial charge < -0.3 is 15.2 Å². The van der Waals surface area contributed by atoms with Crippen LogP contribution < -0.4 is 20.5 Å². The molecule has 0 spiro atoms. The lowest BCUT2D eigenvalue weighted by molar-refractivity contribution is -0.120. The number of carbonyl (C=O) groups is 1. The van der Waals surface area contributed by atoms with Gasteiger partial charge in [0.25, 0.3) is 0 Å². The Morgan fingerprint density at radius 1 is 1.18 bits per heavy atom. The fraction of sp³-hybridized carbons (Fsp3) is 0.188. The van der Waals surface area contributed by atoms with Crippen LogP contribution in [0, 0.1) is 5.82 Å². The Bertz CT molecular complexity index is 688. The summed E-state index contributed by atoms with van der Waals surface area (Å²) in [7, 11) is 0. The topological polar surface area (TPSA) is 73.6 Å². The van der Waals surface area contributed by atoms with Gasteiger partial charge in [-0.2, -0.15) is 0 Å². The van der Waals surface area contributed by atoms with E-state index in [1.165, 1.54) is 24.3 Å². The van der Waals surface area contributed by atoms with Gasteiger partial charge in [-0.05, 0) is 35.4 Å². The van der Waals surface area contributed by atoms with E-state index in [1.54, 1.807) is 0 Å². The minimum absolute atomic E-state index is 0.214. The maximum atomic E-state index is 13.0. The molecule has 0 aliphatic carbocycles. The van der Waals surface area contributed by atoms with Gasteiger partial charge in [-0.1, -0.05) is 18.2 Å². The zero-order valence-electron chi connectivity index (χ0n) is 11.7. The number of fused-ring (bicyclic) bond motifs is 1. The van der Waals surface area contributed by atoms with Gasteiger partial charge in [-0.3, -0.25) is 10.1 Å². The van der Waals surface area contributed by atoms with Crippen LogP contribution in [0.25, 0.3) is 0 Å². The molecule has 0 saturated heterocycles. The van der Waals surface area contributed by atoms with E-state index < -0.39 is 11.9 Å². The Morgan fingerprint density at radius 2 is 1.91 bits per heavy atom. The highest BCUT2D eigenvalue weighted by Gasteiger charge is 2.18. The van der Waals surface area contributed by atoms with E-state index in [4.69, 9.17) is 15.2 Å². The third-order valence-electron chi connectivity index (χ3n) is 3.44. The molecule has 22 heavy (non-hydrogen) atoms. The monoisotopic (exact) mass is 302 g/mol. The van der Waals surface area contributed by atoms with Crippen molar-refractivity contribution in [3.8, 4) is 11.5 Å². The van der Waals surface area contributed by atoms with Gasteiger partial charge in [0.05, 0.1) is 0 Å². The van der Waals surface area contributed by atoms with Gasteiger partial charge in [0.15, 0.2) is 11.5 Å². The molecule has 1 aliphatic heterocycles. The maximum Gasteiger partial charge on any atom is 0.239 e. The van der Waals surface area contributed by atoms with Gasteiger partial charge in [0.2, 0.25) is 12.7 Å². The first-order valence-corrected chi connectivity index (χ1v) is 6.80. The van der Waals surface area contributed by atoms with E-state index in [1.807, 2.05) is 18.2 Å². The summed E-state index contributed by atoms with van der Waals surface area (Å²) in [6.45, 7) is 0.632. The van der Waals surface area contributed by atoms with Crippen molar-refractivity contribution in [1.29, 1.82) is 0 Å². The van der Waals surface area contributed by atoms with E-state index in [0.29, 0.717) is 23.6 Å². The van der Waals surface area contributed by atoms with Crippen molar-refractivity contribution in [2.75, 3.05) is 6.79 Å². The van der Waals surface area contributed by atoms with Crippen molar-refractivity contribution >= 4 is 5.91 Å². The Morgan fingerprint density at radius 3 is 2.64 bits per heavy atom. The average molecular weight is 302 g/mol. The Labute approximate surface area is 126 Å². The molecule has 0 saturated carbocycles. The van der Waals surface area contributed by atoms with E-state index >= 15 is 0 Å². The number of hydrogen-bond donors (Lipinski definition) is 2. The number of hydrogen-bond acceptors (Lipinski definition) is 4. The first-order valence-electron chi connectivity index (χ1n) is 6.80. The maximum absolute atomic E-state index is 13.0. The summed E-state index contributed by atoms with van der Waals surface area (Å²) in [6, 6.07) is 10.5. The highest BCUT2D eigenvalue weighted by Crippen LogP contribution is 2.32. The van der Waals surface area contributed by atoms with Crippen LogP contribution in [0.1, 0.15) is 17.2 Å². The Balaban J connectivity index is 1.72. The number of primary amides is 1. The van der Waals surface area contributed by atoms with E-state index in [-0.39, 0.29) is 12.6 Å². The molecule has 5 nitrogen and oxygen atoms in total. The summed E-state index contributed by atoms with van der Waals surface area (Å²) in [5.74, 6) is 0.500. The van der Waals surface area contributed by atoms with E-state index in [0.717, 1.165) is 5.56 Å². The molecule has 6 heteroatoms. The fourth-order valence-electron chi connectivity index (χ4n) is 2.31. The highest BCUT2D eigenvalue weighted by molar-refractivity contribution is 5.81. The van der Waals surface area contributed by atoms with Gasteiger partial charge in [-0.25, -0.2) is 4.39 Å². The predicted molar refractivity (Wildman–Crippen MR) is 77.7 cm³/mol. The van der Waals surface area contributed by atoms with Crippen LogP contribution in [0.3, 0.4) is 0 Å². The molecule has 3 rings (SSSR count). The lowest BCUT2D eigenvalue weighted by atomic mass is 10.1. The number of nitrogens with two attached hydrogens (primary N) is 1. The van der Waals surface area contributed by atoms with Crippen LogP contribution in [0.2, 0.25) is 0 Å². The fourth-order valence-corrected chi connectivity index (χ4v) is 2.31. The molecule has 114 valence electrons. The van der Waals surface area contributed by atoms with Crippen LogP contribution in [0.15, 0.2) is 42.5 Å². The number of amides is 1. The SMILES string of the molecule is NC(=O)C(NCc1ccc2c(c1)OCO2)c1ccc(F)cc1. The molecular formula is C16H15FN2O3. The second kappa shape index (κ2) is 6.03. The third kappa shape index (κ3) is 3.01. The van der Waals surface area contributed by atoms with Crippen LogP contribution in [-0.4, -0.2) is 12.7 Å². The highest BCUT2D eigenvalue weighted by atomic mass is 19.1. The van der Waals surface area contributed by atoms with Gasteiger partial charge in [0, 0.05) is 6.54 Å². The average Bonchev–Trinajstić information content (AvgIpc) is 2.96. The number of ether oxygens (including phenoxy) is 2. The van der Waals surface area contributed by atoms with E-state index in [9.17, 15) is 9.18 Å². The molecular weight excluding hydrogens is 287 g/mol. The molecule has 1 amide bonds. The zero-order chi connectivity index (χ0) is 15.5. The standard InChI is InChI=1S/C16H15FN2O3/c17-12-4-2-11(3-5-12)15(16(18)20)19-8-10-1-6-13-14(7-10)22-9-21-13/h1-7,15,19H,8-9H2,(H2,18,20). The summed E-state index contributed by atoms with van der Waals surface area (Å²) < 4.78 is 23.5. The van der Waals surface area contributed by atoms with Crippen molar-refractivity contribution in [3.63, 3.8) is 0 Å². The number of carbonyl (C=O) groups excluding carboxylic acids is 1. The van der Waals surface area contributed by atoms with Crippen molar-refractivity contribution < 1.29 is 18.7 Å². The molecule has 3 N–H and O–H groups in total. The number of benzene rings is 2. The first kappa shape index (κ1) is 14.3. The van der Waals surface area contributed by atoms with Crippen LogP contribution in [-0.2, 0) is 11.3 Å². The Kier molecular flexibility index (Phi) is 3.93. The van der Waals surface area contributed by atoms with Crippen molar-refractivity contribution in [1.82, 2.24) is 5.32 Å². The smallest absolute Gasteiger partial charge is 0.239 e. The first-order chi connectivity index (χ1) is 10.6. The summed E-state index contributed by atoms with van der Waals surface area (Å²) in [6.07, 6.45) is 0. The zero-order valence-corrected chi connectivity index (χ0v) is 11.7. The molecule has 0 aromatic heterocycles. The molecule has 2 aromatic carbocycles. The second-order valence-electron chi connectivity index (χ2n) is 4.96. The van der Waals surface area contributed by atoms with Crippen molar-refractivity contribution in [3.05, 3.63) is 59.4 Å². The molecule has 2 aromatic rings. The lowest BCUT2D eigenvalue weighted by Gasteiger charge is -2.16. The summed E-state index contributed by atoms with van der Waals surface area (Å²) >= 11 is 0. The minimum Gasteiger partial charge on any atom is -0.454 e. The summed E-state index contributed by atoms with van der Waals surface area (Å²) in [5.41, 5.74) is 6.97. The largest absolute Gasteiger partial charge is 0.454 e. The van der Waals surface area contributed by atoms with Gasteiger partial charge in [0.1, 0.15) is 11.9 Å². The van der Waals surface area contributed by atoms with Gasteiger partial charge in [-0.15, -0.1) is 0 Å². The van der Waals surface area contributed by atoms with Gasteiger partial charge >= 0.3 is 0 Å². The molecule has 1 aliphatic rings. The molecule has 0 radical (unpaired) electrons. The van der Waals surface area contributed by atoms with Crippen molar-refractivity contribution in [2.24, 2.45) is 5.73 Å². The van der Waals surface area contributed by atoms with E-state index in [2.05, 4.69) is 5.32 Å². The lowest BCUT2D eigenvalue weighted by Crippen LogP contribution is -2.33. The molecule has 1 heterocycles. The molecule has 1 atom stereocenters. The Hall–Kier alpha value is -2.60. The van der Waals surface area contributed by atoms with Crippen LogP contribution in [0.4, 0.5) is 4.39 Å².